The van der Waals surface area contributed by atoms with Gasteiger partial charge in [-0.05, 0) is 72.4 Å². The van der Waals surface area contributed by atoms with Gasteiger partial charge >= 0.3 is 12.1 Å². The first-order valence-electron chi connectivity index (χ1n) is 12.8. The largest absolute Gasteiger partial charge is 0.497 e. The van der Waals surface area contributed by atoms with Gasteiger partial charge in [-0.1, -0.05) is 18.2 Å². The second-order valence-electron chi connectivity index (χ2n) is 10.0. The number of hydrogen-bond acceptors (Lipinski definition) is 6. The molecule has 0 saturated heterocycles. The van der Waals surface area contributed by atoms with E-state index in [-0.39, 0.29) is 30.3 Å². The van der Waals surface area contributed by atoms with Crippen LogP contribution in [0.25, 0.3) is 0 Å². The number of benzene rings is 2. The lowest BCUT2D eigenvalue weighted by atomic mass is 9.85. The van der Waals surface area contributed by atoms with E-state index in [0.717, 1.165) is 35.1 Å². The third-order valence-electron chi connectivity index (χ3n) is 7.28. The molecule has 198 valence electrons. The third-order valence-corrected chi connectivity index (χ3v) is 7.28. The lowest BCUT2D eigenvalue weighted by Gasteiger charge is -2.32. The van der Waals surface area contributed by atoms with Crippen LogP contribution in [-0.4, -0.2) is 54.7 Å². The molecule has 4 rings (SSSR count). The Labute approximate surface area is 217 Å². The van der Waals surface area contributed by atoms with E-state index in [1.54, 1.807) is 25.2 Å². The van der Waals surface area contributed by atoms with E-state index in [1.165, 1.54) is 0 Å². The van der Waals surface area contributed by atoms with Crippen LogP contribution in [0.5, 0.6) is 11.5 Å². The molecular formula is C29H35NO7. The molecule has 8 nitrogen and oxygen atoms in total. The highest BCUT2D eigenvalue weighted by atomic mass is 16.6. The van der Waals surface area contributed by atoms with Crippen molar-refractivity contribution in [2.24, 2.45) is 5.92 Å². The standard InChI is InChI=1S/C29H35NO7/c1-35-26-14-21(15-27(17-26)36-2)13-24(31)12-20-3-6-23-18-30(10-9-22(23)11-20)29(34)37-25-7-4-19(5-8-25)16-28(32)33/h3,6,11,14-15,17,19,25H,4-5,7-10,12-13,16,18H2,1-2H3,(H,32,33). The monoisotopic (exact) mass is 509 g/mol. The Morgan fingerprint density at radius 2 is 1.57 bits per heavy atom. The number of rotatable bonds is 9. The van der Waals surface area contributed by atoms with Gasteiger partial charge in [0.05, 0.1) is 14.2 Å². The van der Waals surface area contributed by atoms with Crippen LogP contribution < -0.4 is 9.47 Å². The summed E-state index contributed by atoms with van der Waals surface area (Å²) in [6.45, 7) is 1.06. The zero-order valence-corrected chi connectivity index (χ0v) is 21.5. The van der Waals surface area contributed by atoms with Crippen LogP contribution in [0.15, 0.2) is 36.4 Å². The van der Waals surface area contributed by atoms with E-state index in [1.807, 2.05) is 24.3 Å². The summed E-state index contributed by atoms with van der Waals surface area (Å²) in [5.41, 5.74) is 4.05. The number of ether oxygens (including phenoxy) is 3. The summed E-state index contributed by atoms with van der Waals surface area (Å²) < 4.78 is 16.3. The minimum absolute atomic E-state index is 0.106. The smallest absolute Gasteiger partial charge is 0.410 e. The molecule has 1 heterocycles. The second kappa shape index (κ2) is 12.1. The van der Waals surface area contributed by atoms with E-state index in [9.17, 15) is 14.4 Å². The highest BCUT2D eigenvalue weighted by molar-refractivity contribution is 5.83. The maximum absolute atomic E-state index is 12.8. The van der Waals surface area contributed by atoms with Crippen molar-refractivity contribution < 1.29 is 33.7 Å². The van der Waals surface area contributed by atoms with Gasteiger partial charge in [0.25, 0.3) is 0 Å². The number of ketones is 1. The Kier molecular flexibility index (Phi) is 8.69. The van der Waals surface area contributed by atoms with Crippen LogP contribution in [0, 0.1) is 5.92 Å². The van der Waals surface area contributed by atoms with E-state index >= 15 is 0 Å². The Hall–Kier alpha value is -3.55. The van der Waals surface area contributed by atoms with E-state index < -0.39 is 5.97 Å². The summed E-state index contributed by atoms with van der Waals surface area (Å²) >= 11 is 0. The molecule has 8 heteroatoms. The molecule has 0 spiro atoms. The van der Waals surface area contributed by atoms with E-state index in [2.05, 4.69) is 6.07 Å². The molecule has 0 radical (unpaired) electrons. The normalized spacial score (nSPS) is 19.0. The van der Waals surface area contributed by atoms with Crippen molar-refractivity contribution >= 4 is 17.8 Å². The van der Waals surface area contributed by atoms with Crippen LogP contribution in [0.2, 0.25) is 0 Å². The minimum Gasteiger partial charge on any atom is -0.497 e. The first-order valence-corrected chi connectivity index (χ1v) is 12.8. The molecule has 0 aromatic heterocycles. The van der Waals surface area contributed by atoms with Crippen molar-refractivity contribution in [2.75, 3.05) is 20.8 Å². The van der Waals surface area contributed by atoms with Gasteiger partial charge in [0.15, 0.2) is 0 Å². The van der Waals surface area contributed by atoms with Gasteiger partial charge in [-0.25, -0.2) is 4.79 Å². The number of amides is 1. The molecular weight excluding hydrogens is 474 g/mol. The number of carboxylic acids is 1. The molecule has 1 N–H and O–H groups in total. The Morgan fingerprint density at radius 1 is 0.892 bits per heavy atom. The minimum atomic E-state index is -0.766. The number of fused-ring (bicyclic) bond motifs is 1. The fourth-order valence-corrected chi connectivity index (χ4v) is 5.28. The average molecular weight is 510 g/mol. The van der Waals surface area contributed by atoms with Crippen LogP contribution in [0.1, 0.15) is 54.4 Å². The van der Waals surface area contributed by atoms with E-state index in [0.29, 0.717) is 56.7 Å². The molecule has 1 saturated carbocycles. The van der Waals surface area contributed by atoms with Crippen LogP contribution in [-0.2, 0) is 40.1 Å². The number of methoxy groups -OCH3 is 2. The van der Waals surface area contributed by atoms with Gasteiger partial charge in [-0.3, -0.25) is 9.59 Å². The number of hydrogen-bond donors (Lipinski definition) is 1. The average Bonchev–Trinajstić information content (AvgIpc) is 2.88. The summed E-state index contributed by atoms with van der Waals surface area (Å²) in [5, 5.41) is 8.97. The van der Waals surface area contributed by atoms with Crippen molar-refractivity contribution in [3.63, 3.8) is 0 Å². The maximum Gasteiger partial charge on any atom is 0.410 e. The zero-order valence-electron chi connectivity index (χ0n) is 21.5. The second-order valence-corrected chi connectivity index (χ2v) is 10.0. The molecule has 37 heavy (non-hydrogen) atoms. The summed E-state index contributed by atoms with van der Waals surface area (Å²) in [7, 11) is 3.17. The first kappa shape index (κ1) is 26.5. The highest BCUT2D eigenvalue weighted by Crippen LogP contribution is 2.30. The number of nitrogens with zero attached hydrogens (tertiary/aromatic N) is 1. The van der Waals surface area contributed by atoms with Gasteiger partial charge in [0, 0.05) is 38.4 Å². The van der Waals surface area contributed by atoms with Crippen LogP contribution in [0.4, 0.5) is 4.79 Å². The number of Topliss-reactive ketones (excluding diaryl/α,β-unsaturated/α-hetero) is 1. The molecule has 0 bridgehead atoms. The molecule has 1 amide bonds. The fraction of sp³-hybridized carbons (Fsp3) is 0.483. The molecule has 2 aromatic carbocycles. The molecule has 1 aliphatic heterocycles. The van der Waals surface area contributed by atoms with Crippen molar-refractivity contribution in [1.82, 2.24) is 4.90 Å². The van der Waals surface area contributed by atoms with Gasteiger partial charge in [-0.15, -0.1) is 0 Å². The maximum atomic E-state index is 12.8. The fourth-order valence-electron chi connectivity index (χ4n) is 5.28. The van der Waals surface area contributed by atoms with Gasteiger partial charge in [-0.2, -0.15) is 0 Å². The molecule has 2 aromatic rings. The zero-order chi connectivity index (χ0) is 26.4. The predicted octanol–water partition coefficient (Wildman–Crippen LogP) is 4.59. The Morgan fingerprint density at radius 3 is 2.22 bits per heavy atom. The van der Waals surface area contributed by atoms with Crippen molar-refractivity contribution in [3.05, 3.63) is 58.7 Å². The number of carbonyl (C=O) groups excluding carboxylic acids is 2. The number of carboxylic acid groups (broad SMARTS) is 1. The lowest BCUT2D eigenvalue weighted by molar-refractivity contribution is -0.138. The summed E-state index contributed by atoms with van der Waals surface area (Å²) in [6.07, 6.45) is 4.07. The summed E-state index contributed by atoms with van der Waals surface area (Å²) in [6, 6.07) is 11.5. The van der Waals surface area contributed by atoms with Crippen molar-refractivity contribution in [1.29, 1.82) is 0 Å². The van der Waals surface area contributed by atoms with Crippen molar-refractivity contribution in [2.45, 2.75) is 64.0 Å². The first-order chi connectivity index (χ1) is 17.8. The van der Waals surface area contributed by atoms with Crippen molar-refractivity contribution in [3.8, 4) is 11.5 Å². The summed E-state index contributed by atoms with van der Waals surface area (Å²) in [5.74, 6) is 0.829. The van der Waals surface area contributed by atoms with Gasteiger partial charge in [0.1, 0.15) is 23.4 Å². The molecule has 0 unspecified atom stereocenters. The lowest BCUT2D eigenvalue weighted by Crippen LogP contribution is -2.39. The van der Waals surface area contributed by atoms with Gasteiger partial charge < -0.3 is 24.2 Å². The molecule has 2 aliphatic rings. The number of aliphatic carboxylic acids is 1. The highest BCUT2D eigenvalue weighted by Gasteiger charge is 2.28. The van der Waals surface area contributed by atoms with Gasteiger partial charge in [0.2, 0.25) is 0 Å². The Bertz CT molecular complexity index is 1110. The molecule has 0 atom stereocenters. The predicted molar refractivity (Wildman–Crippen MR) is 137 cm³/mol. The molecule has 1 fully saturated rings. The van der Waals surface area contributed by atoms with E-state index in [4.69, 9.17) is 19.3 Å². The number of carbonyl (C=O) groups is 3. The van der Waals surface area contributed by atoms with Crippen LogP contribution >= 0.6 is 0 Å². The quantitative estimate of drug-likeness (QED) is 0.528. The van der Waals surface area contributed by atoms with Crippen LogP contribution in [0.3, 0.4) is 0 Å². The summed E-state index contributed by atoms with van der Waals surface area (Å²) in [4.78, 5) is 38.2. The topological polar surface area (TPSA) is 102 Å². The molecule has 1 aliphatic carbocycles. The third kappa shape index (κ3) is 7.24. The Balaban J connectivity index is 1.29. The SMILES string of the molecule is COc1cc(CC(=O)Cc2ccc3c(c2)CCN(C(=O)OC2CCC(CC(=O)O)CC2)C3)cc(OC)c1.